The van der Waals surface area contributed by atoms with Gasteiger partial charge in [-0.1, -0.05) is 20.8 Å². The molecular weight excluding hydrogens is 188 g/mol. The number of likely N-dealkylation sites (tertiary alicyclic amines) is 1. The summed E-state index contributed by atoms with van der Waals surface area (Å²) in [5.41, 5.74) is 5.92. The minimum atomic E-state index is -0.322. The highest BCUT2D eigenvalue weighted by molar-refractivity contribution is 5.82. The molecule has 2 N–H and O–H groups in total. The molecule has 1 unspecified atom stereocenters. The third-order valence-electron chi connectivity index (χ3n) is 3.38. The lowest BCUT2D eigenvalue weighted by Gasteiger charge is -2.37. The van der Waals surface area contributed by atoms with Crippen LogP contribution in [0.1, 0.15) is 46.5 Å². The van der Waals surface area contributed by atoms with Crippen LogP contribution >= 0.6 is 0 Å². The maximum Gasteiger partial charge on any atom is 0.239 e. The Morgan fingerprint density at radius 3 is 2.67 bits per heavy atom. The fraction of sp³-hybridized carbons (Fsp3) is 0.917. The van der Waals surface area contributed by atoms with E-state index in [9.17, 15) is 4.79 Å². The Hall–Kier alpha value is -0.570. The Morgan fingerprint density at radius 2 is 2.13 bits per heavy atom. The van der Waals surface area contributed by atoms with E-state index in [0.717, 1.165) is 25.8 Å². The van der Waals surface area contributed by atoms with Gasteiger partial charge >= 0.3 is 0 Å². The van der Waals surface area contributed by atoms with Gasteiger partial charge < -0.3 is 10.6 Å². The van der Waals surface area contributed by atoms with Crippen molar-refractivity contribution in [3.63, 3.8) is 0 Å². The Bertz CT molecular complexity index is 216. The lowest BCUT2D eigenvalue weighted by molar-refractivity contribution is -0.137. The molecule has 3 heteroatoms. The number of amides is 1. The van der Waals surface area contributed by atoms with Gasteiger partial charge in [-0.2, -0.15) is 0 Å². The van der Waals surface area contributed by atoms with Crippen molar-refractivity contribution in [2.45, 2.75) is 58.5 Å². The molecule has 88 valence electrons. The van der Waals surface area contributed by atoms with Gasteiger partial charge in [-0.15, -0.1) is 0 Å². The lowest BCUT2D eigenvalue weighted by Crippen LogP contribution is -2.52. The highest BCUT2D eigenvalue weighted by Crippen LogP contribution is 2.20. The Morgan fingerprint density at radius 1 is 1.47 bits per heavy atom. The van der Waals surface area contributed by atoms with E-state index < -0.39 is 0 Å². The Kier molecular flexibility index (Phi) is 4.58. The first-order valence-corrected chi connectivity index (χ1v) is 6.14. The molecular formula is C12H24N2O. The summed E-state index contributed by atoms with van der Waals surface area (Å²) in [5.74, 6) is 0.383. The third kappa shape index (κ3) is 2.94. The number of nitrogens with zero attached hydrogens (tertiary/aromatic N) is 1. The van der Waals surface area contributed by atoms with Crippen LogP contribution in [0.25, 0.3) is 0 Å². The number of carbonyl (C=O) groups is 1. The molecule has 2 atom stereocenters. The molecule has 15 heavy (non-hydrogen) atoms. The average molecular weight is 212 g/mol. The van der Waals surface area contributed by atoms with Gasteiger partial charge in [-0.3, -0.25) is 4.79 Å². The van der Waals surface area contributed by atoms with Crippen LogP contribution in [0.15, 0.2) is 0 Å². The zero-order valence-corrected chi connectivity index (χ0v) is 10.2. The first kappa shape index (κ1) is 12.5. The predicted molar refractivity (Wildman–Crippen MR) is 62.5 cm³/mol. The van der Waals surface area contributed by atoms with Crippen LogP contribution < -0.4 is 5.73 Å². The molecule has 0 saturated carbocycles. The molecule has 3 nitrogen and oxygen atoms in total. The van der Waals surface area contributed by atoms with E-state index >= 15 is 0 Å². The molecule has 0 aromatic carbocycles. The van der Waals surface area contributed by atoms with E-state index in [-0.39, 0.29) is 17.9 Å². The van der Waals surface area contributed by atoms with E-state index in [4.69, 9.17) is 5.73 Å². The summed E-state index contributed by atoms with van der Waals surface area (Å²) in [7, 11) is 0. The van der Waals surface area contributed by atoms with Gasteiger partial charge in [0, 0.05) is 12.6 Å². The highest BCUT2D eigenvalue weighted by atomic mass is 16.2. The molecule has 1 saturated heterocycles. The van der Waals surface area contributed by atoms with Crippen molar-refractivity contribution in [3.8, 4) is 0 Å². The topological polar surface area (TPSA) is 46.3 Å². The molecule has 0 spiro atoms. The first-order chi connectivity index (χ1) is 7.07. The van der Waals surface area contributed by atoms with Crippen LogP contribution in [0.3, 0.4) is 0 Å². The molecule has 0 radical (unpaired) electrons. The maximum atomic E-state index is 12.1. The van der Waals surface area contributed by atoms with Gasteiger partial charge in [-0.25, -0.2) is 0 Å². The molecule has 0 aromatic heterocycles. The van der Waals surface area contributed by atoms with Crippen molar-refractivity contribution in [1.29, 1.82) is 0 Å². The smallest absolute Gasteiger partial charge is 0.239 e. The first-order valence-electron chi connectivity index (χ1n) is 6.14. The van der Waals surface area contributed by atoms with Crippen molar-refractivity contribution in [2.75, 3.05) is 6.54 Å². The summed E-state index contributed by atoms with van der Waals surface area (Å²) in [4.78, 5) is 14.1. The van der Waals surface area contributed by atoms with Crippen LogP contribution in [0.4, 0.5) is 0 Å². The molecule has 1 rings (SSSR count). The highest BCUT2D eigenvalue weighted by Gasteiger charge is 2.29. The number of piperidine rings is 1. The van der Waals surface area contributed by atoms with Gasteiger partial charge in [0.15, 0.2) is 0 Å². The van der Waals surface area contributed by atoms with Crippen LogP contribution in [0, 0.1) is 5.92 Å². The van der Waals surface area contributed by atoms with Gasteiger partial charge in [0.05, 0.1) is 6.04 Å². The predicted octanol–water partition coefficient (Wildman–Crippen LogP) is 1.76. The lowest BCUT2D eigenvalue weighted by atomic mass is 9.96. The summed E-state index contributed by atoms with van der Waals surface area (Å²) in [6.45, 7) is 7.07. The molecule has 0 bridgehead atoms. The average Bonchev–Trinajstić information content (AvgIpc) is 2.26. The quantitative estimate of drug-likeness (QED) is 0.775. The molecule has 1 heterocycles. The second-order valence-corrected chi connectivity index (χ2v) is 4.86. The van der Waals surface area contributed by atoms with Gasteiger partial charge in [0.25, 0.3) is 0 Å². The number of hydrogen-bond donors (Lipinski definition) is 1. The van der Waals surface area contributed by atoms with Crippen molar-refractivity contribution in [1.82, 2.24) is 4.90 Å². The van der Waals surface area contributed by atoms with Gasteiger partial charge in [0.2, 0.25) is 5.91 Å². The van der Waals surface area contributed by atoms with E-state index in [0.29, 0.717) is 6.04 Å². The van der Waals surface area contributed by atoms with Gasteiger partial charge in [0.1, 0.15) is 0 Å². The van der Waals surface area contributed by atoms with Crippen LogP contribution in [0.2, 0.25) is 0 Å². The Balaban J connectivity index is 2.63. The normalized spacial score (nSPS) is 24.3. The summed E-state index contributed by atoms with van der Waals surface area (Å²) >= 11 is 0. The van der Waals surface area contributed by atoms with Crippen molar-refractivity contribution in [2.24, 2.45) is 11.7 Å². The third-order valence-corrected chi connectivity index (χ3v) is 3.38. The fourth-order valence-corrected chi connectivity index (χ4v) is 2.19. The number of hydrogen-bond acceptors (Lipinski definition) is 2. The maximum absolute atomic E-state index is 12.1. The fourth-order valence-electron chi connectivity index (χ4n) is 2.19. The molecule has 1 aliphatic rings. The molecule has 0 aliphatic carbocycles. The van der Waals surface area contributed by atoms with Crippen LogP contribution in [-0.2, 0) is 4.79 Å². The number of carbonyl (C=O) groups excluding carboxylic acids is 1. The second kappa shape index (κ2) is 5.50. The monoisotopic (exact) mass is 212 g/mol. The number of nitrogens with two attached hydrogens (primary N) is 1. The standard InChI is InChI=1S/C12H24N2O/c1-4-10-7-5-6-8-14(10)12(15)11(13)9(2)3/h9-11H,4-8,13H2,1-3H3/t10?,11-/m1/s1. The SMILES string of the molecule is CCC1CCCCN1C(=O)[C@H](N)C(C)C. The zero-order chi connectivity index (χ0) is 11.4. The van der Waals surface area contributed by atoms with Crippen molar-refractivity contribution >= 4 is 5.91 Å². The Labute approximate surface area is 93.0 Å². The molecule has 0 aromatic rings. The van der Waals surface area contributed by atoms with Crippen molar-refractivity contribution in [3.05, 3.63) is 0 Å². The van der Waals surface area contributed by atoms with E-state index in [1.807, 2.05) is 18.7 Å². The minimum absolute atomic E-state index is 0.150. The zero-order valence-electron chi connectivity index (χ0n) is 10.2. The summed E-state index contributed by atoms with van der Waals surface area (Å²) in [5, 5.41) is 0. The van der Waals surface area contributed by atoms with E-state index in [1.165, 1.54) is 6.42 Å². The van der Waals surface area contributed by atoms with E-state index in [2.05, 4.69) is 6.92 Å². The number of rotatable bonds is 3. The van der Waals surface area contributed by atoms with Crippen LogP contribution in [0.5, 0.6) is 0 Å². The largest absolute Gasteiger partial charge is 0.338 e. The van der Waals surface area contributed by atoms with Crippen LogP contribution in [-0.4, -0.2) is 29.4 Å². The van der Waals surface area contributed by atoms with Crippen molar-refractivity contribution < 1.29 is 4.79 Å². The minimum Gasteiger partial charge on any atom is -0.338 e. The van der Waals surface area contributed by atoms with E-state index in [1.54, 1.807) is 0 Å². The summed E-state index contributed by atoms with van der Waals surface area (Å²) in [6, 6.07) is 0.105. The second-order valence-electron chi connectivity index (χ2n) is 4.86. The molecule has 1 aliphatic heterocycles. The summed E-state index contributed by atoms with van der Waals surface area (Å²) in [6.07, 6.45) is 4.58. The molecule has 1 amide bonds. The molecule has 1 fully saturated rings. The summed E-state index contributed by atoms with van der Waals surface area (Å²) < 4.78 is 0. The van der Waals surface area contributed by atoms with Gasteiger partial charge in [-0.05, 0) is 31.6 Å².